The lowest BCUT2D eigenvalue weighted by Gasteiger charge is -2.60. The second kappa shape index (κ2) is 4.54. The second-order valence-corrected chi connectivity index (χ2v) is 9.14. The predicted octanol–water partition coefficient (Wildman–Crippen LogP) is 5.23. The highest BCUT2D eigenvalue weighted by atomic mass is 19.3. The van der Waals surface area contributed by atoms with Gasteiger partial charge in [-0.2, -0.15) is 0 Å². The minimum atomic E-state index is -2.44. The standard InChI is InChI=1S/C19H28F2O/c1-17-9-10-19(20,21)11-12(17)3-4-13-14-5-6-16(22)18(14,2)8-7-15(13)17/h12-15H,3-11H2,1-2H3/t12-,13?,14?,15?,17?,18?/m0/s1. The van der Waals surface area contributed by atoms with Crippen molar-refractivity contribution < 1.29 is 13.6 Å². The van der Waals surface area contributed by atoms with Gasteiger partial charge in [0.15, 0.2) is 0 Å². The van der Waals surface area contributed by atoms with E-state index in [9.17, 15) is 13.6 Å². The summed E-state index contributed by atoms with van der Waals surface area (Å²) in [7, 11) is 0. The van der Waals surface area contributed by atoms with Crippen LogP contribution in [0.2, 0.25) is 0 Å². The van der Waals surface area contributed by atoms with Gasteiger partial charge in [0.2, 0.25) is 5.92 Å². The molecule has 4 saturated carbocycles. The maximum absolute atomic E-state index is 13.9. The highest BCUT2D eigenvalue weighted by Gasteiger charge is 2.61. The Hall–Kier alpha value is -0.470. The molecule has 0 amide bonds. The van der Waals surface area contributed by atoms with E-state index in [0.717, 1.165) is 38.5 Å². The number of hydrogen-bond donors (Lipinski definition) is 0. The number of carbonyl (C=O) groups excluding carboxylic acids is 1. The first kappa shape index (κ1) is 15.1. The maximum atomic E-state index is 13.9. The van der Waals surface area contributed by atoms with Crippen molar-refractivity contribution in [3.05, 3.63) is 0 Å². The number of Topliss-reactive ketones (excluding diaryl/α,β-unsaturated/α-hetero) is 1. The molecule has 4 aliphatic rings. The summed E-state index contributed by atoms with van der Waals surface area (Å²) in [6.07, 6.45) is 6.78. The fourth-order valence-electron chi connectivity index (χ4n) is 6.95. The number of rotatable bonds is 0. The van der Waals surface area contributed by atoms with Crippen LogP contribution in [0.25, 0.3) is 0 Å². The minimum Gasteiger partial charge on any atom is -0.299 e. The Balaban J connectivity index is 1.63. The molecule has 0 aromatic carbocycles. The van der Waals surface area contributed by atoms with Crippen molar-refractivity contribution >= 4 is 5.78 Å². The molecular weight excluding hydrogens is 282 g/mol. The van der Waals surface area contributed by atoms with Gasteiger partial charge in [-0.1, -0.05) is 13.8 Å². The van der Waals surface area contributed by atoms with E-state index in [1.54, 1.807) is 0 Å². The molecule has 0 aromatic rings. The summed E-state index contributed by atoms with van der Waals surface area (Å²) in [4.78, 5) is 12.4. The van der Waals surface area contributed by atoms with Crippen molar-refractivity contribution in [2.24, 2.45) is 34.5 Å². The van der Waals surface area contributed by atoms with Crippen LogP contribution in [0.4, 0.5) is 8.78 Å². The van der Waals surface area contributed by atoms with Gasteiger partial charge >= 0.3 is 0 Å². The summed E-state index contributed by atoms with van der Waals surface area (Å²) in [5.74, 6) is -0.0652. The fraction of sp³-hybridized carbons (Fsp3) is 0.947. The van der Waals surface area contributed by atoms with E-state index < -0.39 is 5.92 Å². The average Bonchev–Trinajstić information content (AvgIpc) is 2.76. The van der Waals surface area contributed by atoms with Crippen LogP contribution >= 0.6 is 0 Å². The molecule has 3 heteroatoms. The van der Waals surface area contributed by atoms with Gasteiger partial charge in [-0.05, 0) is 67.6 Å². The number of halogens is 2. The zero-order valence-electron chi connectivity index (χ0n) is 13.8. The van der Waals surface area contributed by atoms with Crippen LogP contribution in [-0.2, 0) is 4.79 Å². The third-order valence-corrected chi connectivity index (χ3v) is 8.35. The number of hydrogen-bond acceptors (Lipinski definition) is 1. The van der Waals surface area contributed by atoms with Crippen LogP contribution in [0.1, 0.15) is 71.6 Å². The van der Waals surface area contributed by atoms with Crippen LogP contribution < -0.4 is 0 Å². The van der Waals surface area contributed by atoms with Crippen molar-refractivity contribution in [3.8, 4) is 0 Å². The van der Waals surface area contributed by atoms with Gasteiger partial charge < -0.3 is 0 Å². The monoisotopic (exact) mass is 310 g/mol. The Labute approximate surface area is 132 Å². The van der Waals surface area contributed by atoms with E-state index in [4.69, 9.17) is 0 Å². The van der Waals surface area contributed by atoms with Gasteiger partial charge in [0.05, 0.1) is 0 Å². The Morgan fingerprint density at radius 2 is 1.73 bits per heavy atom. The molecular formula is C19H28F2O. The van der Waals surface area contributed by atoms with Crippen molar-refractivity contribution in [2.75, 3.05) is 0 Å². The highest BCUT2D eigenvalue weighted by molar-refractivity contribution is 5.87. The van der Waals surface area contributed by atoms with E-state index in [-0.39, 0.29) is 29.6 Å². The lowest BCUT2D eigenvalue weighted by Crippen LogP contribution is -2.54. The molecule has 0 radical (unpaired) electrons. The Bertz CT molecular complexity index is 502. The molecule has 0 N–H and O–H groups in total. The third kappa shape index (κ3) is 1.89. The van der Waals surface area contributed by atoms with Gasteiger partial charge in [-0.25, -0.2) is 8.78 Å². The summed E-state index contributed by atoms with van der Waals surface area (Å²) in [5.41, 5.74) is 0.000528. The van der Waals surface area contributed by atoms with Crippen LogP contribution in [-0.4, -0.2) is 11.7 Å². The van der Waals surface area contributed by atoms with Crippen molar-refractivity contribution in [1.82, 2.24) is 0 Å². The average molecular weight is 310 g/mol. The molecule has 6 atom stereocenters. The van der Waals surface area contributed by atoms with Crippen LogP contribution in [0.3, 0.4) is 0 Å². The smallest absolute Gasteiger partial charge is 0.248 e. The van der Waals surface area contributed by atoms with Gasteiger partial charge in [0.25, 0.3) is 0 Å². The highest BCUT2D eigenvalue weighted by Crippen LogP contribution is 2.66. The Kier molecular flexibility index (Phi) is 3.11. The van der Waals surface area contributed by atoms with Crippen LogP contribution in [0.5, 0.6) is 0 Å². The zero-order valence-corrected chi connectivity index (χ0v) is 13.8. The molecule has 5 unspecified atom stereocenters. The first-order valence-electron chi connectivity index (χ1n) is 9.17. The largest absolute Gasteiger partial charge is 0.299 e. The molecule has 22 heavy (non-hydrogen) atoms. The second-order valence-electron chi connectivity index (χ2n) is 9.14. The predicted molar refractivity (Wildman–Crippen MR) is 81.7 cm³/mol. The Morgan fingerprint density at radius 1 is 0.955 bits per heavy atom. The van der Waals surface area contributed by atoms with Crippen molar-refractivity contribution in [1.29, 1.82) is 0 Å². The van der Waals surface area contributed by atoms with Gasteiger partial charge in [0.1, 0.15) is 5.78 Å². The minimum absolute atomic E-state index is 0.0735. The molecule has 4 fully saturated rings. The van der Waals surface area contributed by atoms with E-state index in [1.165, 1.54) is 0 Å². The van der Waals surface area contributed by atoms with Gasteiger partial charge in [0, 0.05) is 24.7 Å². The van der Waals surface area contributed by atoms with Gasteiger partial charge in [-0.15, -0.1) is 0 Å². The summed E-state index contributed by atoms with van der Waals surface area (Å²) in [6, 6.07) is 0. The third-order valence-electron chi connectivity index (χ3n) is 8.35. The quantitative estimate of drug-likeness (QED) is 0.598. The molecule has 0 saturated heterocycles. The number of ketones is 1. The maximum Gasteiger partial charge on any atom is 0.248 e. The molecule has 124 valence electrons. The normalized spacial score (nSPS) is 53.5. The summed E-state index contributed by atoms with van der Waals surface area (Å²) in [5, 5.41) is 0. The van der Waals surface area contributed by atoms with E-state index in [2.05, 4.69) is 13.8 Å². The number of carbonyl (C=O) groups is 1. The first-order valence-corrected chi connectivity index (χ1v) is 9.17. The van der Waals surface area contributed by atoms with Crippen molar-refractivity contribution in [3.63, 3.8) is 0 Å². The molecule has 0 aliphatic heterocycles. The Morgan fingerprint density at radius 3 is 2.50 bits per heavy atom. The SMILES string of the molecule is CC12CCC3C(CC[C@H]4CC(F)(F)CCC34C)C1CCC2=O. The van der Waals surface area contributed by atoms with Crippen LogP contribution in [0, 0.1) is 34.5 Å². The van der Waals surface area contributed by atoms with E-state index in [0.29, 0.717) is 30.0 Å². The topological polar surface area (TPSA) is 17.1 Å². The molecule has 1 nitrogen and oxygen atoms in total. The van der Waals surface area contributed by atoms with Gasteiger partial charge in [-0.3, -0.25) is 4.79 Å². The lowest BCUT2D eigenvalue weighted by atomic mass is 9.45. The molecule has 0 bridgehead atoms. The van der Waals surface area contributed by atoms with Crippen molar-refractivity contribution in [2.45, 2.75) is 77.6 Å². The molecule has 0 heterocycles. The number of fused-ring (bicyclic) bond motifs is 5. The molecule has 0 aromatic heterocycles. The summed E-state index contributed by atoms with van der Waals surface area (Å²) >= 11 is 0. The number of alkyl halides is 2. The molecule has 4 aliphatic carbocycles. The first-order chi connectivity index (χ1) is 10.3. The lowest BCUT2D eigenvalue weighted by molar-refractivity contribution is -0.163. The van der Waals surface area contributed by atoms with E-state index in [1.807, 2.05) is 0 Å². The zero-order chi connectivity index (χ0) is 15.8. The van der Waals surface area contributed by atoms with E-state index >= 15 is 0 Å². The molecule has 4 rings (SSSR count). The summed E-state index contributed by atoms with van der Waals surface area (Å²) < 4.78 is 27.7. The molecule has 0 spiro atoms. The fourth-order valence-corrected chi connectivity index (χ4v) is 6.95. The summed E-state index contributed by atoms with van der Waals surface area (Å²) in [6.45, 7) is 4.48. The van der Waals surface area contributed by atoms with Crippen LogP contribution in [0.15, 0.2) is 0 Å².